The molecule has 2 N–H and O–H groups in total. The normalized spacial score (nSPS) is 12.4. The predicted molar refractivity (Wildman–Crippen MR) is 80.1 cm³/mol. The monoisotopic (exact) mass is 266 g/mol. The van der Waals surface area contributed by atoms with Gasteiger partial charge in [0, 0.05) is 0 Å². The molecule has 0 radical (unpaired) electrons. The standard InChI is InChI=1S/C14H22N2OS/c1-4-5-9-16(2)13(14(15)18)11-7-6-8-12(10-11)17-3/h6-8,10,13H,4-5,9H2,1-3H3,(H2,15,18). The largest absolute Gasteiger partial charge is 0.497 e. The Morgan fingerprint density at radius 3 is 2.78 bits per heavy atom. The van der Waals surface area contributed by atoms with Crippen molar-refractivity contribution in [3.63, 3.8) is 0 Å². The van der Waals surface area contributed by atoms with Gasteiger partial charge in [0.05, 0.1) is 18.1 Å². The molecular weight excluding hydrogens is 244 g/mol. The van der Waals surface area contributed by atoms with Crippen LogP contribution in [0.2, 0.25) is 0 Å². The third kappa shape index (κ3) is 3.96. The van der Waals surface area contributed by atoms with Gasteiger partial charge >= 0.3 is 0 Å². The molecule has 1 atom stereocenters. The van der Waals surface area contributed by atoms with Crippen molar-refractivity contribution in [1.29, 1.82) is 0 Å². The molecule has 0 aromatic heterocycles. The number of hydrogen-bond acceptors (Lipinski definition) is 3. The first-order chi connectivity index (χ1) is 8.60. The molecule has 1 aromatic carbocycles. The average Bonchev–Trinajstić information content (AvgIpc) is 2.36. The molecule has 3 nitrogen and oxygen atoms in total. The summed E-state index contributed by atoms with van der Waals surface area (Å²) in [6.07, 6.45) is 2.30. The van der Waals surface area contributed by atoms with Gasteiger partial charge in [-0.15, -0.1) is 0 Å². The smallest absolute Gasteiger partial charge is 0.119 e. The second kappa shape index (κ2) is 7.34. The molecule has 1 rings (SSSR count). The number of rotatable bonds is 7. The van der Waals surface area contributed by atoms with Crippen LogP contribution in [0.1, 0.15) is 31.4 Å². The molecule has 1 aromatic rings. The van der Waals surface area contributed by atoms with Crippen molar-refractivity contribution < 1.29 is 4.74 Å². The molecule has 0 spiro atoms. The van der Waals surface area contributed by atoms with Crippen molar-refractivity contribution in [3.05, 3.63) is 29.8 Å². The zero-order valence-electron chi connectivity index (χ0n) is 11.3. The van der Waals surface area contributed by atoms with Crippen molar-refractivity contribution in [1.82, 2.24) is 4.90 Å². The lowest BCUT2D eigenvalue weighted by Gasteiger charge is -2.27. The molecule has 0 aliphatic rings. The Hall–Kier alpha value is -1.13. The van der Waals surface area contributed by atoms with Gasteiger partial charge in [0.2, 0.25) is 0 Å². The van der Waals surface area contributed by atoms with Gasteiger partial charge in [-0.1, -0.05) is 37.7 Å². The van der Waals surface area contributed by atoms with Crippen LogP contribution < -0.4 is 10.5 Å². The van der Waals surface area contributed by atoms with Gasteiger partial charge < -0.3 is 10.5 Å². The Balaban J connectivity index is 2.92. The Bertz CT molecular complexity index is 395. The minimum atomic E-state index is -0.0263. The van der Waals surface area contributed by atoms with Gasteiger partial charge in [0.1, 0.15) is 5.75 Å². The van der Waals surface area contributed by atoms with Crippen molar-refractivity contribution in [2.45, 2.75) is 25.8 Å². The van der Waals surface area contributed by atoms with E-state index >= 15 is 0 Å². The second-order valence-corrected chi connectivity index (χ2v) is 4.89. The van der Waals surface area contributed by atoms with Gasteiger partial charge in [-0.05, 0) is 37.7 Å². The van der Waals surface area contributed by atoms with E-state index in [0.29, 0.717) is 4.99 Å². The Labute approximate surface area is 115 Å². The zero-order valence-corrected chi connectivity index (χ0v) is 12.2. The summed E-state index contributed by atoms with van der Waals surface area (Å²) in [7, 11) is 3.72. The van der Waals surface area contributed by atoms with E-state index in [-0.39, 0.29) is 6.04 Å². The molecule has 0 saturated heterocycles. The number of hydrogen-bond donors (Lipinski definition) is 1. The number of ether oxygens (including phenoxy) is 1. The number of thiocarbonyl (C=S) groups is 1. The van der Waals surface area contributed by atoms with E-state index in [0.717, 1.165) is 30.7 Å². The SMILES string of the molecule is CCCCN(C)C(C(N)=S)c1cccc(OC)c1. The maximum absolute atomic E-state index is 5.88. The third-order valence-electron chi connectivity index (χ3n) is 2.98. The van der Waals surface area contributed by atoms with Gasteiger partial charge in [-0.25, -0.2) is 0 Å². The van der Waals surface area contributed by atoms with Crippen molar-refractivity contribution in [3.8, 4) is 5.75 Å². The number of unbranched alkanes of at least 4 members (excludes halogenated alkanes) is 1. The first-order valence-corrected chi connectivity index (χ1v) is 6.64. The summed E-state index contributed by atoms with van der Waals surface area (Å²) in [5.74, 6) is 0.831. The third-order valence-corrected chi connectivity index (χ3v) is 3.21. The van der Waals surface area contributed by atoms with Crippen LogP contribution in [0.3, 0.4) is 0 Å². The summed E-state index contributed by atoms with van der Waals surface area (Å²) in [6.45, 7) is 3.16. The number of methoxy groups -OCH3 is 1. The Morgan fingerprint density at radius 2 is 2.22 bits per heavy atom. The van der Waals surface area contributed by atoms with Crippen molar-refractivity contribution in [2.24, 2.45) is 5.73 Å². The summed E-state index contributed by atoms with van der Waals surface area (Å²) in [5.41, 5.74) is 6.97. The van der Waals surface area contributed by atoms with E-state index in [1.54, 1.807) is 7.11 Å². The van der Waals surface area contributed by atoms with E-state index in [9.17, 15) is 0 Å². The summed E-state index contributed by atoms with van der Waals surface area (Å²) < 4.78 is 5.24. The quantitative estimate of drug-likeness (QED) is 0.770. The van der Waals surface area contributed by atoms with E-state index in [1.165, 1.54) is 0 Å². The minimum Gasteiger partial charge on any atom is -0.497 e. The van der Waals surface area contributed by atoms with Gasteiger partial charge in [-0.3, -0.25) is 4.90 Å². The molecule has 0 heterocycles. The topological polar surface area (TPSA) is 38.5 Å². The first-order valence-electron chi connectivity index (χ1n) is 6.23. The molecule has 0 bridgehead atoms. The number of likely N-dealkylation sites (N-methyl/N-ethyl adjacent to an activating group) is 1. The van der Waals surface area contributed by atoms with Crippen LogP contribution >= 0.6 is 12.2 Å². The van der Waals surface area contributed by atoms with Gasteiger partial charge in [0.15, 0.2) is 0 Å². The van der Waals surface area contributed by atoms with Crippen LogP contribution in [-0.4, -0.2) is 30.6 Å². The molecule has 0 saturated carbocycles. The fraction of sp³-hybridized carbons (Fsp3) is 0.500. The maximum atomic E-state index is 5.88. The number of nitrogens with two attached hydrogens (primary N) is 1. The fourth-order valence-electron chi connectivity index (χ4n) is 1.98. The van der Waals surface area contributed by atoms with Crippen LogP contribution in [0, 0.1) is 0 Å². The molecule has 4 heteroatoms. The molecule has 18 heavy (non-hydrogen) atoms. The molecular formula is C14H22N2OS. The van der Waals surface area contributed by atoms with E-state index in [4.69, 9.17) is 22.7 Å². The minimum absolute atomic E-state index is 0.0263. The lowest BCUT2D eigenvalue weighted by atomic mass is 10.0. The Morgan fingerprint density at radius 1 is 1.50 bits per heavy atom. The highest BCUT2D eigenvalue weighted by Crippen LogP contribution is 2.24. The van der Waals surface area contributed by atoms with Crippen LogP contribution in [0.15, 0.2) is 24.3 Å². The highest BCUT2D eigenvalue weighted by Gasteiger charge is 2.19. The summed E-state index contributed by atoms with van der Waals surface area (Å²) >= 11 is 5.20. The second-order valence-electron chi connectivity index (χ2n) is 4.42. The first kappa shape index (κ1) is 14.9. The number of nitrogens with zero attached hydrogens (tertiary/aromatic N) is 1. The van der Waals surface area contributed by atoms with Crippen molar-refractivity contribution >= 4 is 17.2 Å². The van der Waals surface area contributed by atoms with Crippen molar-refractivity contribution in [2.75, 3.05) is 20.7 Å². The van der Waals surface area contributed by atoms with Crippen LogP contribution in [0.5, 0.6) is 5.75 Å². The zero-order chi connectivity index (χ0) is 13.5. The Kier molecular flexibility index (Phi) is 6.09. The van der Waals surface area contributed by atoms with Gasteiger partial charge in [0.25, 0.3) is 0 Å². The summed E-state index contributed by atoms with van der Waals surface area (Å²) in [4.78, 5) is 2.70. The lowest BCUT2D eigenvalue weighted by molar-refractivity contribution is 0.296. The fourth-order valence-corrected chi connectivity index (χ4v) is 2.30. The molecule has 0 aliphatic heterocycles. The molecule has 0 amide bonds. The average molecular weight is 266 g/mol. The predicted octanol–water partition coefficient (Wildman–Crippen LogP) is 2.75. The van der Waals surface area contributed by atoms with E-state index < -0.39 is 0 Å². The highest BCUT2D eigenvalue weighted by molar-refractivity contribution is 7.80. The van der Waals surface area contributed by atoms with E-state index in [2.05, 4.69) is 18.9 Å². The maximum Gasteiger partial charge on any atom is 0.119 e. The van der Waals surface area contributed by atoms with Crippen LogP contribution in [-0.2, 0) is 0 Å². The summed E-state index contributed by atoms with van der Waals surface area (Å²) in [5, 5.41) is 0. The van der Waals surface area contributed by atoms with Gasteiger partial charge in [-0.2, -0.15) is 0 Å². The highest BCUT2D eigenvalue weighted by atomic mass is 32.1. The van der Waals surface area contributed by atoms with Crippen LogP contribution in [0.25, 0.3) is 0 Å². The molecule has 0 aliphatic carbocycles. The number of benzene rings is 1. The lowest BCUT2D eigenvalue weighted by Crippen LogP contribution is -2.34. The van der Waals surface area contributed by atoms with Crippen LogP contribution in [0.4, 0.5) is 0 Å². The molecule has 100 valence electrons. The summed E-state index contributed by atoms with van der Waals surface area (Å²) in [6, 6.07) is 7.89. The molecule has 0 fully saturated rings. The molecule has 1 unspecified atom stereocenters. The van der Waals surface area contributed by atoms with E-state index in [1.807, 2.05) is 24.3 Å².